The van der Waals surface area contributed by atoms with Gasteiger partial charge in [-0.05, 0) is 41.5 Å². The first kappa shape index (κ1) is 21.9. The number of aryl methyl sites for hydroxylation is 1. The Labute approximate surface area is 202 Å². The van der Waals surface area contributed by atoms with Crippen molar-refractivity contribution in [3.05, 3.63) is 90.1 Å². The molecule has 1 aliphatic rings. The topological polar surface area (TPSA) is 102 Å². The molecule has 1 amide bonds. The number of anilines is 1. The number of nitrogens with zero attached hydrogens (tertiary/aromatic N) is 4. The van der Waals surface area contributed by atoms with Crippen molar-refractivity contribution < 1.29 is 14.3 Å². The molecule has 0 spiro atoms. The van der Waals surface area contributed by atoms with Gasteiger partial charge in [0.25, 0.3) is 0 Å². The third-order valence-corrected chi connectivity index (χ3v) is 5.48. The molecular weight excluding hydrogens is 442 g/mol. The van der Waals surface area contributed by atoms with Gasteiger partial charge in [-0.2, -0.15) is 5.26 Å². The fourth-order valence-corrected chi connectivity index (χ4v) is 3.67. The zero-order valence-corrected chi connectivity index (χ0v) is 18.7. The highest BCUT2D eigenvalue weighted by Gasteiger charge is 2.13. The minimum absolute atomic E-state index is 0.0871. The van der Waals surface area contributed by atoms with Crippen LogP contribution in [0.25, 0.3) is 22.9 Å². The van der Waals surface area contributed by atoms with Gasteiger partial charge in [0.2, 0.25) is 12.7 Å². The van der Waals surface area contributed by atoms with Crippen molar-refractivity contribution in [1.82, 2.24) is 15.0 Å². The average Bonchev–Trinajstić information content (AvgIpc) is 3.56. The molecule has 0 aliphatic carbocycles. The lowest BCUT2D eigenvalue weighted by Gasteiger charge is -2.04. The number of carbonyl (C=O) groups excluding carboxylic acids is 1. The summed E-state index contributed by atoms with van der Waals surface area (Å²) in [6, 6.07) is 24.7. The number of ether oxygens (including phenoxy) is 2. The molecule has 8 nitrogen and oxygen atoms in total. The van der Waals surface area contributed by atoms with Crippen LogP contribution in [0.3, 0.4) is 0 Å². The molecule has 1 N–H and O–H groups in total. The number of aromatic nitrogens is 3. The Kier molecular flexibility index (Phi) is 6.22. The summed E-state index contributed by atoms with van der Waals surface area (Å²) in [6.45, 7) is 0.626. The average molecular weight is 463 g/mol. The van der Waals surface area contributed by atoms with Crippen LogP contribution in [-0.2, 0) is 11.3 Å². The minimum Gasteiger partial charge on any atom is -0.454 e. The highest BCUT2D eigenvalue weighted by molar-refractivity contribution is 5.91. The Morgan fingerprint density at radius 1 is 1.06 bits per heavy atom. The van der Waals surface area contributed by atoms with Crippen molar-refractivity contribution in [1.29, 1.82) is 5.26 Å². The van der Waals surface area contributed by atoms with Crippen molar-refractivity contribution >= 4 is 23.2 Å². The second-order valence-corrected chi connectivity index (χ2v) is 7.89. The highest BCUT2D eigenvalue weighted by Crippen LogP contribution is 2.33. The van der Waals surface area contributed by atoms with Crippen LogP contribution in [0.4, 0.5) is 5.69 Å². The van der Waals surface area contributed by atoms with Crippen LogP contribution in [0, 0.1) is 11.3 Å². The molecule has 0 fully saturated rings. The fourth-order valence-electron chi connectivity index (χ4n) is 3.67. The molecule has 1 aromatic heterocycles. The van der Waals surface area contributed by atoms with Crippen molar-refractivity contribution in [2.24, 2.45) is 0 Å². The molecule has 1 aliphatic heterocycles. The zero-order valence-electron chi connectivity index (χ0n) is 18.7. The number of carbonyl (C=O) groups is 1. The van der Waals surface area contributed by atoms with Gasteiger partial charge >= 0.3 is 0 Å². The van der Waals surface area contributed by atoms with Crippen LogP contribution in [0.5, 0.6) is 11.5 Å². The predicted molar refractivity (Wildman–Crippen MR) is 131 cm³/mol. The third kappa shape index (κ3) is 5.20. The van der Waals surface area contributed by atoms with E-state index in [2.05, 4.69) is 21.7 Å². The number of rotatable bonds is 7. The first-order valence-corrected chi connectivity index (χ1v) is 11.1. The lowest BCUT2D eigenvalue weighted by molar-refractivity contribution is -0.116. The summed E-state index contributed by atoms with van der Waals surface area (Å²) in [7, 11) is 0. The maximum atomic E-state index is 12.2. The maximum Gasteiger partial charge on any atom is 0.231 e. The van der Waals surface area contributed by atoms with E-state index in [0.717, 1.165) is 22.4 Å². The maximum absolute atomic E-state index is 12.2. The van der Waals surface area contributed by atoms with Crippen LogP contribution < -0.4 is 14.8 Å². The van der Waals surface area contributed by atoms with Crippen LogP contribution in [0.1, 0.15) is 17.5 Å². The van der Waals surface area contributed by atoms with Crippen molar-refractivity contribution in [3.8, 4) is 28.8 Å². The van der Waals surface area contributed by atoms with Gasteiger partial charge < -0.3 is 14.8 Å². The third-order valence-electron chi connectivity index (χ3n) is 5.48. The Bertz CT molecular complexity index is 1420. The molecule has 35 heavy (non-hydrogen) atoms. The van der Waals surface area contributed by atoms with Crippen molar-refractivity contribution in [3.63, 3.8) is 0 Å². The van der Waals surface area contributed by atoms with E-state index in [1.54, 1.807) is 10.9 Å². The summed E-state index contributed by atoms with van der Waals surface area (Å²) in [6.07, 6.45) is 3.90. The van der Waals surface area contributed by atoms with E-state index in [-0.39, 0.29) is 19.1 Å². The number of para-hydroxylation sites is 1. The molecule has 3 aromatic carbocycles. The molecule has 172 valence electrons. The molecule has 0 saturated heterocycles. The van der Waals surface area contributed by atoms with Crippen LogP contribution in [0.15, 0.2) is 79.0 Å². The van der Waals surface area contributed by atoms with Gasteiger partial charge in [-0.25, -0.2) is 0 Å². The normalized spacial score (nSPS) is 12.3. The number of fused-ring (bicyclic) bond motifs is 1. The number of benzene rings is 3. The van der Waals surface area contributed by atoms with Crippen molar-refractivity contribution in [2.75, 3.05) is 12.1 Å². The molecule has 2 heterocycles. The number of nitriles is 1. The van der Waals surface area contributed by atoms with E-state index < -0.39 is 0 Å². The van der Waals surface area contributed by atoms with Gasteiger partial charge in [-0.15, -0.1) is 5.10 Å². The molecule has 0 bridgehead atoms. The first-order valence-electron chi connectivity index (χ1n) is 11.1. The van der Waals surface area contributed by atoms with Gasteiger partial charge in [0, 0.05) is 17.7 Å². The first-order chi connectivity index (χ1) is 17.2. The summed E-state index contributed by atoms with van der Waals surface area (Å²) in [4.78, 5) is 12.2. The Morgan fingerprint density at radius 3 is 2.66 bits per heavy atom. The second kappa shape index (κ2) is 9.93. The fraction of sp³-hybridized carbons (Fsp3) is 0.111. The summed E-state index contributed by atoms with van der Waals surface area (Å²) in [5.41, 5.74) is 4.50. The monoisotopic (exact) mass is 463 g/mol. The van der Waals surface area contributed by atoms with Crippen LogP contribution >= 0.6 is 0 Å². The summed E-state index contributed by atoms with van der Waals surface area (Å²) in [5.74, 6) is 1.29. The van der Waals surface area contributed by atoms with E-state index in [9.17, 15) is 10.1 Å². The van der Waals surface area contributed by atoms with Crippen LogP contribution in [-0.4, -0.2) is 27.7 Å². The molecule has 5 rings (SSSR count). The largest absolute Gasteiger partial charge is 0.454 e. The SMILES string of the molecule is N#C/C(=C\c1ccc2c(c1)OCO2)c1ccc(-c2cn(CCC(=O)Nc3ccccc3)nn2)cc1. The van der Waals surface area contributed by atoms with Gasteiger partial charge in [0.1, 0.15) is 5.69 Å². The van der Waals surface area contributed by atoms with Gasteiger partial charge in [-0.3, -0.25) is 9.48 Å². The Balaban J connectivity index is 1.23. The molecule has 4 aromatic rings. The zero-order chi connectivity index (χ0) is 24.0. The number of hydrogen-bond acceptors (Lipinski definition) is 6. The van der Waals surface area contributed by atoms with Gasteiger partial charge in [0.05, 0.1) is 24.4 Å². The standard InChI is InChI=1S/C27H21N5O3/c28-16-22(14-19-6-11-25-26(15-19)35-18-34-25)20-7-9-21(10-8-20)24-17-32(31-30-24)13-12-27(33)29-23-4-2-1-3-5-23/h1-11,14-15,17H,12-13,18H2,(H,29,33)/b22-14+. The Morgan fingerprint density at radius 2 is 1.86 bits per heavy atom. The predicted octanol–water partition coefficient (Wildman–Crippen LogP) is 4.77. The van der Waals surface area contributed by atoms with E-state index in [1.165, 1.54) is 0 Å². The van der Waals surface area contributed by atoms with Crippen molar-refractivity contribution in [2.45, 2.75) is 13.0 Å². The molecule has 0 unspecified atom stereocenters. The number of hydrogen-bond donors (Lipinski definition) is 1. The lowest BCUT2D eigenvalue weighted by Crippen LogP contribution is -2.14. The molecule has 0 atom stereocenters. The number of allylic oxidation sites excluding steroid dienone is 1. The Hall–Kier alpha value is -4.90. The van der Waals surface area contributed by atoms with Crippen LogP contribution in [0.2, 0.25) is 0 Å². The number of amides is 1. The molecule has 0 saturated carbocycles. The van der Waals surface area contributed by atoms with Gasteiger partial charge in [-0.1, -0.05) is 53.7 Å². The van der Waals surface area contributed by atoms with E-state index >= 15 is 0 Å². The number of nitrogens with one attached hydrogen (secondary N) is 1. The minimum atomic E-state index is -0.0871. The molecule has 0 radical (unpaired) electrons. The summed E-state index contributed by atoms with van der Waals surface area (Å²) >= 11 is 0. The van der Waals surface area contributed by atoms with E-state index in [4.69, 9.17) is 9.47 Å². The molecule has 8 heteroatoms. The summed E-state index contributed by atoms with van der Waals surface area (Å²) < 4.78 is 12.4. The smallest absolute Gasteiger partial charge is 0.231 e. The summed E-state index contributed by atoms with van der Waals surface area (Å²) in [5, 5.41) is 20.9. The van der Waals surface area contributed by atoms with Gasteiger partial charge in [0.15, 0.2) is 11.5 Å². The van der Waals surface area contributed by atoms with E-state index in [1.807, 2.05) is 78.9 Å². The van der Waals surface area contributed by atoms with E-state index in [0.29, 0.717) is 29.3 Å². The quantitative estimate of drug-likeness (QED) is 0.313. The molecular formula is C27H21N5O3. The highest BCUT2D eigenvalue weighted by atomic mass is 16.7. The second-order valence-electron chi connectivity index (χ2n) is 7.89. The lowest BCUT2D eigenvalue weighted by atomic mass is 10.0.